The van der Waals surface area contributed by atoms with Crippen molar-refractivity contribution in [3.8, 4) is 0 Å². The van der Waals surface area contributed by atoms with Gasteiger partial charge in [0.1, 0.15) is 47.6 Å². The molecule has 6 N–H and O–H groups in total. The van der Waals surface area contributed by atoms with E-state index in [4.69, 9.17) is 23.7 Å². The summed E-state index contributed by atoms with van der Waals surface area (Å²) in [5, 5.41) is 65.1. The second kappa shape index (κ2) is 13.7. The molecule has 12 nitrogen and oxygen atoms in total. The third-order valence-corrected chi connectivity index (χ3v) is 15.9. The maximum Gasteiger partial charge on any atom is 0.316 e. The van der Waals surface area contributed by atoms with E-state index in [0.717, 1.165) is 51.4 Å². The zero-order chi connectivity index (χ0) is 38.6. The molecule has 1 spiro atoms. The van der Waals surface area contributed by atoms with E-state index >= 15 is 0 Å². The van der Waals surface area contributed by atoms with Crippen LogP contribution in [0.1, 0.15) is 113 Å². The Balaban J connectivity index is 1.12. The van der Waals surface area contributed by atoms with Crippen LogP contribution in [0, 0.1) is 45.3 Å². The van der Waals surface area contributed by atoms with Gasteiger partial charge in [-0.3, -0.25) is 4.79 Å². The SMILES string of the molecule is CC(C)CCC[C@]1(C)OC(=O)C23C1CC[C@@]2(C)[C@@H]1CC[C@H]2C(C)(C)[C@@H](O[C@@H]4OC[C@@H](O)[C@H](O)[C@H]4O[C@@H]4O[C@H](C)[C@@H](O)[C@H](O)[C@H]4O)CC[C@]2(C)C1=C[C@H]3O. The molecule has 7 aliphatic rings. The first-order chi connectivity index (χ1) is 24.7. The van der Waals surface area contributed by atoms with Gasteiger partial charge in [0.25, 0.3) is 0 Å². The zero-order valence-corrected chi connectivity index (χ0v) is 32.9. The summed E-state index contributed by atoms with van der Waals surface area (Å²) in [5.41, 5.74) is -1.36. The zero-order valence-electron chi connectivity index (χ0n) is 32.9. The van der Waals surface area contributed by atoms with Gasteiger partial charge >= 0.3 is 5.97 Å². The van der Waals surface area contributed by atoms with Gasteiger partial charge in [-0.1, -0.05) is 59.6 Å². The molecule has 3 saturated heterocycles. The smallest absolute Gasteiger partial charge is 0.316 e. The molecule has 0 amide bonds. The second-order valence-electron chi connectivity index (χ2n) is 19.6. The molecule has 3 saturated carbocycles. The largest absolute Gasteiger partial charge is 0.459 e. The summed E-state index contributed by atoms with van der Waals surface area (Å²) >= 11 is 0. The monoisotopic (exact) mass is 750 g/mol. The van der Waals surface area contributed by atoms with Gasteiger partial charge in [-0.05, 0) is 99.2 Å². The molecule has 4 aliphatic carbocycles. The molecule has 6 fully saturated rings. The van der Waals surface area contributed by atoms with Crippen LogP contribution < -0.4 is 0 Å². The number of carbonyl (C=O) groups is 1. The number of aliphatic hydroxyl groups excluding tert-OH is 6. The Morgan fingerprint density at radius 1 is 0.849 bits per heavy atom. The number of fused-ring (bicyclic) bond motifs is 4. The summed E-state index contributed by atoms with van der Waals surface area (Å²) in [5.74, 6) is 0.633. The summed E-state index contributed by atoms with van der Waals surface area (Å²) in [6.07, 6.45) is -3.12. The highest BCUT2D eigenvalue weighted by Crippen LogP contribution is 2.76. The van der Waals surface area contributed by atoms with Crippen LogP contribution in [0.25, 0.3) is 0 Å². The van der Waals surface area contributed by atoms with Crippen LogP contribution >= 0.6 is 0 Å². The molecule has 0 aromatic rings. The molecule has 0 radical (unpaired) electrons. The number of carbonyl (C=O) groups excluding carboxylic acids is 1. The molecule has 0 aromatic heterocycles. The van der Waals surface area contributed by atoms with Crippen molar-refractivity contribution in [2.75, 3.05) is 6.61 Å². The van der Waals surface area contributed by atoms with Crippen LogP contribution in [-0.4, -0.2) is 116 Å². The third-order valence-electron chi connectivity index (χ3n) is 15.9. The fourth-order valence-corrected chi connectivity index (χ4v) is 12.9. The van der Waals surface area contributed by atoms with Crippen molar-refractivity contribution in [2.24, 2.45) is 45.3 Å². The van der Waals surface area contributed by atoms with Gasteiger partial charge in [0.2, 0.25) is 0 Å². The Morgan fingerprint density at radius 3 is 2.26 bits per heavy atom. The Hall–Kier alpha value is -1.19. The number of aliphatic hydroxyl groups is 6. The average Bonchev–Trinajstić information content (AvgIpc) is 3.54. The van der Waals surface area contributed by atoms with Crippen LogP contribution in [0.3, 0.4) is 0 Å². The van der Waals surface area contributed by atoms with E-state index in [1.165, 1.54) is 5.57 Å². The van der Waals surface area contributed by atoms with Gasteiger partial charge in [-0.15, -0.1) is 0 Å². The van der Waals surface area contributed by atoms with Crippen LogP contribution in [0.2, 0.25) is 0 Å². The minimum Gasteiger partial charge on any atom is -0.459 e. The predicted molar refractivity (Wildman–Crippen MR) is 192 cm³/mol. The van der Waals surface area contributed by atoms with Crippen molar-refractivity contribution in [3.05, 3.63) is 11.6 Å². The molecule has 302 valence electrons. The number of esters is 1. The molecule has 0 bridgehead atoms. The number of ether oxygens (including phenoxy) is 5. The van der Waals surface area contributed by atoms with E-state index in [0.29, 0.717) is 12.3 Å². The number of rotatable bonds is 8. The third kappa shape index (κ3) is 5.85. The Bertz CT molecular complexity index is 1420. The number of hydrogen-bond acceptors (Lipinski definition) is 12. The summed E-state index contributed by atoms with van der Waals surface area (Å²) in [6, 6.07) is 0. The lowest BCUT2D eigenvalue weighted by molar-refractivity contribution is -0.363. The first-order valence-corrected chi connectivity index (χ1v) is 20.4. The Morgan fingerprint density at radius 2 is 1.57 bits per heavy atom. The maximum absolute atomic E-state index is 14.2. The molecule has 3 aliphatic heterocycles. The van der Waals surface area contributed by atoms with Gasteiger partial charge in [-0.25, -0.2) is 0 Å². The average molecular weight is 751 g/mol. The molecule has 18 atom stereocenters. The summed E-state index contributed by atoms with van der Waals surface area (Å²) in [4.78, 5) is 14.2. The van der Waals surface area contributed by atoms with Gasteiger partial charge in [0.15, 0.2) is 12.6 Å². The quantitative estimate of drug-likeness (QED) is 0.121. The molecular formula is C41H66O12. The van der Waals surface area contributed by atoms with Crippen LogP contribution in [-0.2, 0) is 28.5 Å². The van der Waals surface area contributed by atoms with E-state index in [-0.39, 0.29) is 41.8 Å². The normalized spacial score (nSPS) is 53.3. The number of cyclic esters (lactones) is 1. The van der Waals surface area contributed by atoms with Gasteiger partial charge in [-0.2, -0.15) is 0 Å². The molecule has 0 aromatic carbocycles. The fraction of sp³-hybridized carbons (Fsp3) is 0.927. The minimum absolute atomic E-state index is 0.0326. The summed E-state index contributed by atoms with van der Waals surface area (Å²) < 4.78 is 30.7. The Labute approximate surface area is 314 Å². The predicted octanol–water partition coefficient (Wildman–Crippen LogP) is 3.36. The highest BCUT2D eigenvalue weighted by Gasteiger charge is 2.78. The van der Waals surface area contributed by atoms with Crippen molar-refractivity contribution >= 4 is 5.97 Å². The first-order valence-electron chi connectivity index (χ1n) is 20.4. The van der Waals surface area contributed by atoms with Crippen molar-refractivity contribution in [1.82, 2.24) is 0 Å². The van der Waals surface area contributed by atoms with Crippen molar-refractivity contribution in [3.63, 3.8) is 0 Å². The summed E-state index contributed by atoms with van der Waals surface area (Å²) in [7, 11) is 0. The van der Waals surface area contributed by atoms with Crippen LogP contribution in [0.15, 0.2) is 11.6 Å². The van der Waals surface area contributed by atoms with Gasteiger partial charge < -0.3 is 54.3 Å². The van der Waals surface area contributed by atoms with Crippen molar-refractivity contribution < 1.29 is 59.1 Å². The number of allylic oxidation sites excluding steroid dienone is 1. The van der Waals surface area contributed by atoms with E-state index in [9.17, 15) is 35.4 Å². The molecule has 2 unspecified atom stereocenters. The molecule has 53 heavy (non-hydrogen) atoms. The van der Waals surface area contributed by atoms with Gasteiger partial charge in [0, 0.05) is 5.92 Å². The van der Waals surface area contributed by atoms with E-state index in [2.05, 4.69) is 54.5 Å². The molecule has 3 heterocycles. The second-order valence-corrected chi connectivity index (χ2v) is 19.6. The first kappa shape index (κ1) is 40.0. The Kier molecular flexibility index (Phi) is 10.4. The number of hydrogen-bond donors (Lipinski definition) is 6. The minimum atomic E-state index is -1.60. The lowest BCUT2D eigenvalue weighted by Gasteiger charge is -2.64. The van der Waals surface area contributed by atoms with Crippen LogP contribution in [0.4, 0.5) is 0 Å². The molecular weight excluding hydrogens is 684 g/mol. The maximum atomic E-state index is 14.2. The summed E-state index contributed by atoms with van der Waals surface area (Å²) in [6.45, 7) is 16.9. The lowest BCUT2D eigenvalue weighted by Crippen LogP contribution is -2.64. The van der Waals surface area contributed by atoms with Crippen LogP contribution in [0.5, 0.6) is 0 Å². The highest BCUT2D eigenvalue weighted by molar-refractivity contribution is 5.84. The van der Waals surface area contributed by atoms with Crippen molar-refractivity contribution in [1.29, 1.82) is 0 Å². The van der Waals surface area contributed by atoms with E-state index in [1.54, 1.807) is 6.92 Å². The van der Waals surface area contributed by atoms with Crippen molar-refractivity contribution in [2.45, 2.75) is 186 Å². The highest BCUT2D eigenvalue weighted by atomic mass is 16.8. The lowest BCUT2D eigenvalue weighted by atomic mass is 9.40. The standard InChI is InChI=1S/C41H66O12/c1-20(2)10-9-15-40(8)26-13-17-39(7)22-11-12-25-37(4,5)28(14-16-38(25,6)23(22)18-27(43)41(26,39)36(48)53-40)51-35-33(30(45)24(42)19-49-35)52-34-32(47)31(46)29(44)21(3)50-34/h18,20-22,24-35,42-47H,9-17,19H2,1-8H3/t21-,22-,24-,25+,26?,27-,28+,29-,30+,31+,32-,33-,34+,35+,38-,39+,40+,41?/m1/s1. The molecule has 12 heteroatoms. The topological polar surface area (TPSA) is 185 Å². The van der Waals surface area contributed by atoms with Gasteiger partial charge in [0.05, 0.1) is 24.9 Å². The van der Waals surface area contributed by atoms with E-state index in [1.807, 2.05) is 0 Å². The molecule has 7 rings (SSSR count). The van der Waals surface area contributed by atoms with E-state index < -0.39 is 83.3 Å². The fourth-order valence-electron chi connectivity index (χ4n) is 12.9.